The van der Waals surface area contributed by atoms with Crippen molar-refractivity contribution in [1.82, 2.24) is 34.7 Å². The van der Waals surface area contributed by atoms with Crippen LogP contribution in [0.3, 0.4) is 0 Å². The van der Waals surface area contributed by atoms with E-state index in [9.17, 15) is 9.59 Å². The average Bonchev–Trinajstić information content (AvgIpc) is 3.68. The van der Waals surface area contributed by atoms with Crippen molar-refractivity contribution in [2.75, 3.05) is 0 Å². The summed E-state index contributed by atoms with van der Waals surface area (Å²) in [5.41, 5.74) is 5.69. The predicted molar refractivity (Wildman–Crippen MR) is 148 cm³/mol. The van der Waals surface area contributed by atoms with Gasteiger partial charge >= 0.3 is 11.9 Å². The molecule has 1 atom stereocenters. The fraction of sp³-hybridized carbons (Fsp3) is 0.310. The number of H-pyrrole nitrogens is 1. The van der Waals surface area contributed by atoms with Crippen molar-refractivity contribution in [2.45, 2.75) is 59.8 Å². The minimum absolute atomic E-state index is 0.200. The summed E-state index contributed by atoms with van der Waals surface area (Å²) in [5, 5.41) is 14.4. The lowest BCUT2D eigenvalue weighted by Crippen LogP contribution is -2.22. The standard InChI is InChI=1S/C29H31N7O4/c1-5-8-25-30-23-10-7-9-22(29(38)40-19(4)39-26(37)6-2)27(23)36(25)17-20-11-13-21(14-12-20)35-16-18(3)15-24(35)28-31-33-34-32-28/h7,9-16,19H,5-6,8,17H2,1-4H3,(H,31,32,33,34). The zero-order valence-corrected chi connectivity index (χ0v) is 22.9. The van der Waals surface area contributed by atoms with Crippen LogP contribution in [0.15, 0.2) is 54.7 Å². The quantitative estimate of drug-likeness (QED) is 0.198. The predicted octanol–water partition coefficient (Wildman–Crippen LogP) is 4.77. The van der Waals surface area contributed by atoms with Crippen LogP contribution >= 0.6 is 0 Å². The number of imidazole rings is 1. The van der Waals surface area contributed by atoms with Crippen LogP contribution in [0.4, 0.5) is 0 Å². The molecular weight excluding hydrogens is 510 g/mol. The first kappa shape index (κ1) is 26.8. The molecule has 3 heterocycles. The van der Waals surface area contributed by atoms with E-state index in [0.29, 0.717) is 29.0 Å². The van der Waals surface area contributed by atoms with Crippen LogP contribution in [0.2, 0.25) is 0 Å². The van der Waals surface area contributed by atoms with E-state index in [2.05, 4.69) is 44.2 Å². The fourth-order valence-corrected chi connectivity index (χ4v) is 4.69. The molecule has 0 aliphatic rings. The van der Waals surface area contributed by atoms with Crippen LogP contribution in [0.5, 0.6) is 0 Å². The Morgan fingerprint density at radius 3 is 2.58 bits per heavy atom. The normalized spacial score (nSPS) is 12.0. The smallest absolute Gasteiger partial charge is 0.343 e. The Morgan fingerprint density at radius 1 is 1.07 bits per heavy atom. The summed E-state index contributed by atoms with van der Waals surface area (Å²) in [6, 6.07) is 15.6. The number of fused-ring (bicyclic) bond motifs is 1. The molecule has 5 rings (SSSR count). The highest BCUT2D eigenvalue weighted by Gasteiger charge is 2.22. The number of hydrogen-bond acceptors (Lipinski definition) is 8. The van der Waals surface area contributed by atoms with Gasteiger partial charge < -0.3 is 18.6 Å². The third kappa shape index (κ3) is 5.49. The molecule has 0 fully saturated rings. The van der Waals surface area contributed by atoms with Crippen LogP contribution < -0.4 is 0 Å². The molecule has 0 aliphatic heterocycles. The first-order valence-electron chi connectivity index (χ1n) is 13.3. The van der Waals surface area contributed by atoms with Crippen molar-refractivity contribution in [2.24, 2.45) is 0 Å². The summed E-state index contributed by atoms with van der Waals surface area (Å²) < 4.78 is 14.7. The third-order valence-corrected chi connectivity index (χ3v) is 6.48. The summed E-state index contributed by atoms with van der Waals surface area (Å²) >= 11 is 0. The molecule has 5 aromatic rings. The van der Waals surface area contributed by atoms with E-state index in [1.165, 1.54) is 6.92 Å². The molecule has 3 aromatic heterocycles. The molecule has 0 spiro atoms. The summed E-state index contributed by atoms with van der Waals surface area (Å²) in [7, 11) is 0. The van der Waals surface area contributed by atoms with Gasteiger partial charge in [-0.15, -0.1) is 10.2 Å². The van der Waals surface area contributed by atoms with Crippen molar-refractivity contribution in [1.29, 1.82) is 0 Å². The molecule has 0 saturated heterocycles. The van der Waals surface area contributed by atoms with Gasteiger partial charge in [0, 0.05) is 38.2 Å². The molecule has 0 bridgehead atoms. The van der Waals surface area contributed by atoms with E-state index < -0.39 is 18.2 Å². The van der Waals surface area contributed by atoms with Crippen LogP contribution in [0, 0.1) is 6.92 Å². The second-order valence-electron chi connectivity index (χ2n) is 9.53. The van der Waals surface area contributed by atoms with E-state index in [0.717, 1.165) is 41.2 Å². The lowest BCUT2D eigenvalue weighted by Gasteiger charge is -2.15. The van der Waals surface area contributed by atoms with Crippen LogP contribution in [-0.2, 0) is 27.2 Å². The highest BCUT2D eigenvalue weighted by molar-refractivity contribution is 6.02. The molecule has 2 aromatic carbocycles. The highest BCUT2D eigenvalue weighted by Crippen LogP contribution is 2.26. The number of nitrogens with zero attached hydrogens (tertiary/aromatic N) is 6. The molecule has 11 heteroatoms. The van der Waals surface area contributed by atoms with Gasteiger partial charge in [-0.25, -0.2) is 9.78 Å². The third-order valence-electron chi connectivity index (χ3n) is 6.48. The van der Waals surface area contributed by atoms with Gasteiger partial charge in [-0.2, -0.15) is 5.21 Å². The van der Waals surface area contributed by atoms with E-state index >= 15 is 0 Å². The second kappa shape index (κ2) is 11.5. The minimum atomic E-state index is -0.996. The maximum atomic E-state index is 13.2. The van der Waals surface area contributed by atoms with Crippen molar-refractivity contribution in [3.8, 4) is 17.2 Å². The fourth-order valence-electron chi connectivity index (χ4n) is 4.69. The summed E-state index contributed by atoms with van der Waals surface area (Å²) in [6.45, 7) is 7.84. The largest absolute Gasteiger partial charge is 0.425 e. The van der Waals surface area contributed by atoms with Crippen LogP contribution in [0.25, 0.3) is 28.2 Å². The number of aryl methyl sites for hydroxylation is 2. The second-order valence-corrected chi connectivity index (χ2v) is 9.53. The van der Waals surface area contributed by atoms with Gasteiger partial charge in [0.15, 0.2) is 0 Å². The first-order valence-corrected chi connectivity index (χ1v) is 13.3. The number of hydrogen-bond donors (Lipinski definition) is 1. The van der Waals surface area contributed by atoms with Gasteiger partial charge in [0.2, 0.25) is 12.1 Å². The first-order chi connectivity index (χ1) is 19.4. The topological polar surface area (TPSA) is 130 Å². The molecule has 206 valence electrons. The average molecular weight is 542 g/mol. The van der Waals surface area contributed by atoms with Gasteiger partial charge in [0.1, 0.15) is 5.82 Å². The summed E-state index contributed by atoms with van der Waals surface area (Å²) in [6.07, 6.45) is 2.88. The number of benzene rings is 2. The number of rotatable bonds is 10. The van der Waals surface area contributed by atoms with Crippen LogP contribution in [-0.4, -0.2) is 53.0 Å². The maximum absolute atomic E-state index is 13.2. The molecule has 40 heavy (non-hydrogen) atoms. The van der Waals surface area contributed by atoms with Gasteiger partial charge in [0.25, 0.3) is 0 Å². The number of aromatic nitrogens is 7. The number of carbonyl (C=O) groups excluding carboxylic acids is 2. The molecule has 0 radical (unpaired) electrons. The van der Waals surface area contributed by atoms with Crippen molar-refractivity contribution in [3.05, 3.63) is 77.2 Å². The number of para-hydroxylation sites is 1. The van der Waals surface area contributed by atoms with E-state index in [4.69, 9.17) is 14.5 Å². The Balaban J connectivity index is 1.46. The Morgan fingerprint density at radius 2 is 1.88 bits per heavy atom. The summed E-state index contributed by atoms with van der Waals surface area (Å²) in [4.78, 5) is 29.6. The van der Waals surface area contributed by atoms with E-state index in [-0.39, 0.29) is 6.42 Å². The molecular formula is C29H31N7O4. The number of nitrogens with one attached hydrogen (secondary N) is 1. The monoisotopic (exact) mass is 541 g/mol. The number of ether oxygens (including phenoxy) is 2. The molecule has 1 N–H and O–H groups in total. The molecule has 11 nitrogen and oxygen atoms in total. The molecule has 0 aliphatic carbocycles. The summed E-state index contributed by atoms with van der Waals surface area (Å²) in [5.74, 6) is 0.396. The zero-order chi connectivity index (χ0) is 28.2. The lowest BCUT2D eigenvalue weighted by atomic mass is 10.1. The Labute approximate surface area is 231 Å². The highest BCUT2D eigenvalue weighted by atomic mass is 16.7. The van der Waals surface area contributed by atoms with Gasteiger partial charge in [-0.3, -0.25) is 4.79 Å². The van der Waals surface area contributed by atoms with Gasteiger partial charge in [-0.05, 0) is 60.0 Å². The van der Waals surface area contributed by atoms with Crippen LogP contribution in [0.1, 0.15) is 60.9 Å². The number of tetrazole rings is 1. The van der Waals surface area contributed by atoms with Gasteiger partial charge in [-0.1, -0.05) is 32.0 Å². The SMILES string of the molecule is CCCc1nc2cccc(C(=O)OC(C)OC(=O)CC)c2n1Cc1ccc(-n2cc(C)cc2-c2nn[nH]n2)cc1. The minimum Gasteiger partial charge on any atom is -0.425 e. The molecule has 0 saturated carbocycles. The Bertz CT molecular complexity index is 1640. The Hall–Kier alpha value is -4.80. The lowest BCUT2D eigenvalue weighted by molar-refractivity contribution is -0.165. The number of carbonyl (C=O) groups is 2. The van der Waals surface area contributed by atoms with Crippen molar-refractivity contribution >= 4 is 23.0 Å². The van der Waals surface area contributed by atoms with Crippen molar-refractivity contribution in [3.63, 3.8) is 0 Å². The van der Waals surface area contributed by atoms with E-state index in [1.54, 1.807) is 19.1 Å². The Kier molecular flexibility index (Phi) is 7.72. The molecule has 0 amide bonds. The zero-order valence-electron chi connectivity index (χ0n) is 22.9. The van der Waals surface area contributed by atoms with E-state index in [1.807, 2.05) is 42.0 Å². The van der Waals surface area contributed by atoms with Crippen molar-refractivity contribution < 1.29 is 19.1 Å². The maximum Gasteiger partial charge on any atom is 0.343 e. The number of esters is 2. The van der Waals surface area contributed by atoms with Gasteiger partial charge in [0.05, 0.1) is 22.3 Å². The molecule has 1 unspecified atom stereocenters. The number of aromatic amines is 1.